The maximum atomic E-state index is 12.0. The van der Waals surface area contributed by atoms with Gasteiger partial charge in [-0.15, -0.1) is 0 Å². The summed E-state index contributed by atoms with van der Waals surface area (Å²) in [7, 11) is 0. The summed E-state index contributed by atoms with van der Waals surface area (Å²) in [5.41, 5.74) is 4.78. The molecule has 0 aromatic rings. The zero-order valence-electron chi connectivity index (χ0n) is 18.6. The Morgan fingerprint density at radius 3 is 2.76 bits per heavy atom. The fraction of sp³-hybridized carbons (Fsp3) is 0.808. The number of carbonyl (C=O) groups excluding carboxylic acids is 1. The zero-order chi connectivity index (χ0) is 20.4. The predicted molar refractivity (Wildman–Crippen MR) is 119 cm³/mol. The fourth-order valence-electron chi connectivity index (χ4n) is 7.23. The van der Waals surface area contributed by atoms with E-state index in [4.69, 9.17) is 0 Å². The van der Waals surface area contributed by atoms with Crippen LogP contribution in [0, 0.1) is 23.2 Å². The van der Waals surface area contributed by atoms with E-state index >= 15 is 0 Å². The van der Waals surface area contributed by atoms with E-state index in [2.05, 4.69) is 19.2 Å². The molecule has 4 rings (SSSR count). The Labute approximate surface area is 177 Å². The Morgan fingerprint density at radius 1 is 1.10 bits per heavy atom. The minimum atomic E-state index is -0.119. The lowest BCUT2D eigenvalue weighted by Gasteiger charge is -2.52. The smallest absolute Gasteiger partial charge is 0.156 e. The molecule has 0 aromatic carbocycles. The predicted octanol–water partition coefficient (Wildman–Crippen LogP) is 5.34. The number of aliphatic hydroxyl groups excluding tert-OH is 1. The molecule has 162 valence electrons. The highest BCUT2D eigenvalue weighted by Gasteiger charge is 2.55. The second kappa shape index (κ2) is 9.06. The van der Waals surface area contributed by atoms with Crippen LogP contribution in [-0.4, -0.2) is 30.1 Å². The lowest BCUT2D eigenvalue weighted by Crippen LogP contribution is -2.45. The first-order valence-electron chi connectivity index (χ1n) is 12.4. The number of allylic oxidation sites excluding steroid dienone is 4. The minimum absolute atomic E-state index is 0.107. The summed E-state index contributed by atoms with van der Waals surface area (Å²) in [6.07, 6.45) is 15.6. The molecule has 0 aliphatic heterocycles. The topological polar surface area (TPSA) is 49.3 Å². The number of aliphatic hydroxyl groups is 1. The molecular weight excluding hydrogens is 358 g/mol. The van der Waals surface area contributed by atoms with E-state index in [0.29, 0.717) is 30.0 Å². The number of rotatable bonds is 8. The van der Waals surface area contributed by atoms with E-state index in [1.54, 1.807) is 11.1 Å². The van der Waals surface area contributed by atoms with Crippen molar-refractivity contribution < 1.29 is 9.90 Å². The van der Waals surface area contributed by atoms with Gasteiger partial charge in [-0.25, -0.2) is 0 Å². The van der Waals surface area contributed by atoms with Gasteiger partial charge in [0.05, 0.1) is 6.10 Å². The van der Waals surface area contributed by atoms with Crippen LogP contribution in [0.5, 0.6) is 0 Å². The maximum absolute atomic E-state index is 12.0. The summed E-state index contributed by atoms with van der Waals surface area (Å²) >= 11 is 0. The molecule has 4 aliphatic rings. The number of hydrogen-bond donors (Lipinski definition) is 2. The number of carbonyl (C=O) groups is 1. The highest BCUT2D eigenvalue weighted by Crippen LogP contribution is 2.62. The van der Waals surface area contributed by atoms with Gasteiger partial charge >= 0.3 is 0 Å². The third-order valence-electron chi connectivity index (χ3n) is 8.69. The third-order valence-corrected chi connectivity index (χ3v) is 8.69. The Kier molecular flexibility index (Phi) is 6.65. The molecular formula is C26H41NO2. The number of unbranched alkanes of at least 4 members (excludes halogenated alkanes) is 3. The van der Waals surface area contributed by atoms with Gasteiger partial charge in [0.25, 0.3) is 0 Å². The molecule has 0 heterocycles. The molecule has 0 amide bonds. The van der Waals surface area contributed by atoms with Gasteiger partial charge in [-0.1, -0.05) is 38.7 Å². The first kappa shape index (κ1) is 21.3. The molecule has 2 unspecified atom stereocenters. The molecule has 0 aromatic heterocycles. The molecule has 0 radical (unpaired) electrons. The van der Waals surface area contributed by atoms with E-state index in [9.17, 15) is 9.90 Å². The molecule has 4 aliphatic carbocycles. The summed E-state index contributed by atoms with van der Waals surface area (Å²) in [4.78, 5) is 12.0. The van der Waals surface area contributed by atoms with Crippen LogP contribution in [0.15, 0.2) is 22.8 Å². The largest absolute Gasteiger partial charge is 0.393 e. The number of hydrogen-bond acceptors (Lipinski definition) is 3. The van der Waals surface area contributed by atoms with Crippen molar-refractivity contribution in [3.63, 3.8) is 0 Å². The van der Waals surface area contributed by atoms with Gasteiger partial charge in [0, 0.05) is 6.42 Å². The Bertz CT molecular complexity index is 678. The number of fused-ring (bicyclic) bond motifs is 4. The van der Waals surface area contributed by atoms with Gasteiger partial charge in [0.1, 0.15) is 0 Å². The number of ketones is 1. The summed E-state index contributed by atoms with van der Waals surface area (Å²) in [6.45, 7) is 6.77. The lowest BCUT2D eigenvalue weighted by molar-refractivity contribution is -0.114. The van der Waals surface area contributed by atoms with Crippen LogP contribution in [-0.2, 0) is 4.79 Å². The van der Waals surface area contributed by atoms with Crippen LogP contribution in [0.2, 0.25) is 0 Å². The van der Waals surface area contributed by atoms with E-state index in [1.165, 1.54) is 50.5 Å². The summed E-state index contributed by atoms with van der Waals surface area (Å²) < 4.78 is 0. The first-order chi connectivity index (χ1) is 14.0. The molecule has 2 saturated carbocycles. The molecule has 29 heavy (non-hydrogen) atoms. The van der Waals surface area contributed by atoms with Crippen LogP contribution in [0.25, 0.3) is 0 Å². The monoisotopic (exact) mass is 399 g/mol. The van der Waals surface area contributed by atoms with Crippen molar-refractivity contribution in [2.75, 3.05) is 13.1 Å². The average Bonchev–Trinajstić information content (AvgIpc) is 3.01. The number of nitrogens with one attached hydrogen (secondary N) is 1. The fourth-order valence-corrected chi connectivity index (χ4v) is 7.23. The molecule has 2 fully saturated rings. The van der Waals surface area contributed by atoms with Crippen molar-refractivity contribution in [1.82, 2.24) is 5.32 Å². The van der Waals surface area contributed by atoms with E-state index in [1.807, 2.05) is 6.08 Å². The summed E-state index contributed by atoms with van der Waals surface area (Å²) in [5.74, 6) is 2.26. The van der Waals surface area contributed by atoms with Gasteiger partial charge < -0.3 is 10.4 Å². The van der Waals surface area contributed by atoms with Crippen LogP contribution in [0.4, 0.5) is 0 Å². The Balaban J connectivity index is 1.51. The highest BCUT2D eigenvalue weighted by atomic mass is 16.3. The molecule has 5 atom stereocenters. The van der Waals surface area contributed by atoms with Gasteiger partial charge in [0.2, 0.25) is 0 Å². The van der Waals surface area contributed by atoms with Crippen LogP contribution in [0.1, 0.15) is 90.9 Å². The second-order valence-electron chi connectivity index (χ2n) is 10.4. The normalized spacial score (nSPS) is 36.5. The van der Waals surface area contributed by atoms with E-state index in [0.717, 1.165) is 38.8 Å². The van der Waals surface area contributed by atoms with Crippen molar-refractivity contribution in [3.8, 4) is 0 Å². The molecule has 3 heteroatoms. The van der Waals surface area contributed by atoms with Crippen LogP contribution in [0.3, 0.4) is 0 Å². The third kappa shape index (κ3) is 4.14. The van der Waals surface area contributed by atoms with Crippen LogP contribution < -0.4 is 5.32 Å². The van der Waals surface area contributed by atoms with E-state index in [-0.39, 0.29) is 11.5 Å². The SMILES string of the molecule is CCNCCCCCC[C@H]1C[C@@]2(C)C(CC[C@@H]2O)C2CCC3=CC(=O)CCC3=C21. The van der Waals surface area contributed by atoms with Gasteiger partial charge in [0.15, 0.2) is 5.78 Å². The second-order valence-corrected chi connectivity index (χ2v) is 10.4. The van der Waals surface area contributed by atoms with Gasteiger partial charge in [-0.2, -0.15) is 0 Å². The van der Waals surface area contributed by atoms with Crippen molar-refractivity contribution >= 4 is 5.78 Å². The molecule has 0 saturated heterocycles. The van der Waals surface area contributed by atoms with Crippen molar-refractivity contribution in [3.05, 3.63) is 22.8 Å². The van der Waals surface area contributed by atoms with Crippen LogP contribution >= 0.6 is 0 Å². The summed E-state index contributed by atoms with van der Waals surface area (Å²) in [6, 6.07) is 0. The zero-order valence-corrected chi connectivity index (χ0v) is 18.6. The lowest BCUT2D eigenvalue weighted by atomic mass is 9.53. The van der Waals surface area contributed by atoms with Gasteiger partial charge in [-0.05, 0) is 105 Å². The minimum Gasteiger partial charge on any atom is -0.393 e. The molecule has 2 N–H and O–H groups in total. The van der Waals surface area contributed by atoms with Crippen molar-refractivity contribution in [2.24, 2.45) is 23.2 Å². The molecule has 3 nitrogen and oxygen atoms in total. The Hall–Kier alpha value is -0.930. The van der Waals surface area contributed by atoms with Crippen molar-refractivity contribution in [2.45, 2.75) is 97.0 Å². The van der Waals surface area contributed by atoms with E-state index < -0.39 is 0 Å². The molecule has 0 bridgehead atoms. The van der Waals surface area contributed by atoms with Gasteiger partial charge in [-0.3, -0.25) is 4.79 Å². The standard InChI is InChI=1S/C26H41NO2/c1-3-27-15-7-5-4-6-8-19-17-26(2)23(13-14-24(26)29)22-11-9-18-16-20(28)10-12-21(18)25(19)22/h16,19,22-24,27,29H,3-15,17H2,1-2H3/t19-,22?,23?,24-,26-/m0/s1. The Morgan fingerprint density at radius 2 is 1.93 bits per heavy atom. The first-order valence-corrected chi connectivity index (χ1v) is 12.4. The average molecular weight is 400 g/mol. The highest BCUT2D eigenvalue weighted by molar-refractivity contribution is 5.93. The quantitative estimate of drug-likeness (QED) is 0.542. The molecule has 0 spiro atoms. The summed E-state index contributed by atoms with van der Waals surface area (Å²) in [5, 5.41) is 14.3. The maximum Gasteiger partial charge on any atom is 0.156 e. The van der Waals surface area contributed by atoms with Crippen molar-refractivity contribution in [1.29, 1.82) is 0 Å².